The van der Waals surface area contributed by atoms with Gasteiger partial charge in [-0.3, -0.25) is 0 Å². The molecule has 1 rings (SSSR count). The molecule has 0 aromatic heterocycles. The van der Waals surface area contributed by atoms with E-state index in [1.807, 2.05) is 0 Å². The molecule has 1 nitrogen and oxygen atoms in total. The molecule has 0 aliphatic heterocycles. The second-order valence-electron chi connectivity index (χ2n) is 5.66. The number of allylic oxidation sites excluding steroid dienone is 2. The average Bonchev–Trinajstić information content (AvgIpc) is 2.02. The highest BCUT2D eigenvalue weighted by atomic mass is 28.4. The number of hydrogen-bond acceptors (Lipinski definition) is 1. The highest BCUT2D eigenvalue weighted by Crippen LogP contribution is 2.30. The molecule has 0 amide bonds. The Hall–Kier alpha value is -0.243. The van der Waals surface area contributed by atoms with Gasteiger partial charge in [0.1, 0.15) is 0 Å². The van der Waals surface area contributed by atoms with Crippen LogP contribution in [-0.4, -0.2) is 8.32 Å². The van der Waals surface area contributed by atoms with Gasteiger partial charge in [0.2, 0.25) is 8.32 Å². The third kappa shape index (κ3) is 3.87. The highest BCUT2D eigenvalue weighted by Gasteiger charge is 2.22. The van der Waals surface area contributed by atoms with Crippen LogP contribution in [0.4, 0.5) is 0 Å². The standard InChI is InChI=1S/C12H24OSi/c1-10(2)11-6-8-12(9-7-11)13-14(3,4)5/h8,10-11H,6-7,9H2,1-5H3/t11-/m0/s1. The molecule has 2 heteroatoms. The van der Waals surface area contributed by atoms with Crippen molar-refractivity contribution in [3.05, 3.63) is 11.8 Å². The van der Waals surface area contributed by atoms with Crippen LogP contribution >= 0.6 is 0 Å². The molecular formula is C12H24OSi. The van der Waals surface area contributed by atoms with Crippen LogP contribution in [0.2, 0.25) is 19.6 Å². The Bertz CT molecular complexity index is 213. The minimum Gasteiger partial charge on any atom is -0.548 e. The summed E-state index contributed by atoms with van der Waals surface area (Å²) < 4.78 is 6.01. The molecule has 0 N–H and O–H groups in total. The van der Waals surface area contributed by atoms with Gasteiger partial charge in [-0.1, -0.05) is 13.8 Å². The van der Waals surface area contributed by atoms with Crippen molar-refractivity contribution in [2.45, 2.75) is 52.8 Å². The zero-order valence-electron chi connectivity index (χ0n) is 10.3. The fraction of sp³-hybridized carbons (Fsp3) is 0.833. The van der Waals surface area contributed by atoms with Crippen LogP contribution < -0.4 is 0 Å². The van der Waals surface area contributed by atoms with E-state index >= 15 is 0 Å². The summed E-state index contributed by atoms with van der Waals surface area (Å²) in [4.78, 5) is 0. The van der Waals surface area contributed by atoms with E-state index in [0.717, 1.165) is 18.3 Å². The van der Waals surface area contributed by atoms with Gasteiger partial charge < -0.3 is 4.43 Å². The van der Waals surface area contributed by atoms with Crippen LogP contribution in [0.15, 0.2) is 11.8 Å². The minimum absolute atomic E-state index is 0.819. The lowest BCUT2D eigenvalue weighted by atomic mass is 9.85. The molecule has 0 heterocycles. The molecule has 0 saturated carbocycles. The van der Waals surface area contributed by atoms with Crippen LogP contribution in [0, 0.1) is 11.8 Å². The molecule has 0 aromatic rings. The SMILES string of the molecule is CC(C)[C@H]1CC=C(O[Si](C)(C)C)CC1. The molecule has 0 unspecified atom stereocenters. The van der Waals surface area contributed by atoms with Crippen molar-refractivity contribution >= 4 is 8.32 Å². The van der Waals surface area contributed by atoms with Gasteiger partial charge in [-0.15, -0.1) is 0 Å². The summed E-state index contributed by atoms with van der Waals surface area (Å²) in [5, 5.41) is 0. The lowest BCUT2D eigenvalue weighted by Crippen LogP contribution is -2.26. The van der Waals surface area contributed by atoms with Crippen molar-refractivity contribution < 1.29 is 4.43 Å². The first-order valence-electron chi connectivity index (χ1n) is 5.76. The minimum atomic E-state index is -1.36. The van der Waals surface area contributed by atoms with Crippen LogP contribution in [0.1, 0.15) is 33.1 Å². The zero-order chi connectivity index (χ0) is 10.8. The van der Waals surface area contributed by atoms with E-state index in [4.69, 9.17) is 4.43 Å². The van der Waals surface area contributed by atoms with Crippen molar-refractivity contribution in [2.75, 3.05) is 0 Å². The van der Waals surface area contributed by atoms with Gasteiger partial charge in [0.25, 0.3) is 0 Å². The quantitative estimate of drug-likeness (QED) is 0.638. The van der Waals surface area contributed by atoms with Gasteiger partial charge in [0.15, 0.2) is 0 Å². The molecular weight excluding hydrogens is 188 g/mol. The first kappa shape index (κ1) is 11.8. The number of rotatable bonds is 3. The van der Waals surface area contributed by atoms with Gasteiger partial charge in [0.05, 0.1) is 5.76 Å². The molecule has 0 fully saturated rings. The molecule has 82 valence electrons. The van der Waals surface area contributed by atoms with Gasteiger partial charge in [0, 0.05) is 6.42 Å². The van der Waals surface area contributed by atoms with Crippen molar-refractivity contribution in [3.63, 3.8) is 0 Å². The van der Waals surface area contributed by atoms with Crippen molar-refractivity contribution in [3.8, 4) is 0 Å². The van der Waals surface area contributed by atoms with Gasteiger partial charge in [-0.25, -0.2) is 0 Å². The Balaban J connectivity index is 2.45. The predicted molar refractivity (Wildman–Crippen MR) is 64.7 cm³/mol. The van der Waals surface area contributed by atoms with Crippen LogP contribution in [0.3, 0.4) is 0 Å². The fourth-order valence-electron chi connectivity index (χ4n) is 1.92. The molecule has 0 radical (unpaired) electrons. The monoisotopic (exact) mass is 212 g/mol. The predicted octanol–water partition coefficient (Wildman–Crippen LogP) is 4.18. The normalized spacial score (nSPS) is 23.6. The Morgan fingerprint density at radius 3 is 2.36 bits per heavy atom. The molecule has 14 heavy (non-hydrogen) atoms. The summed E-state index contributed by atoms with van der Waals surface area (Å²) in [5.41, 5.74) is 0. The summed E-state index contributed by atoms with van der Waals surface area (Å²) in [6.07, 6.45) is 6.02. The maximum Gasteiger partial charge on any atom is 0.241 e. The Kier molecular flexibility index (Phi) is 3.82. The highest BCUT2D eigenvalue weighted by molar-refractivity contribution is 6.70. The summed E-state index contributed by atoms with van der Waals surface area (Å²) >= 11 is 0. The van der Waals surface area contributed by atoms with E-state index in [-0.39, 0.29) is 0 Å². The van der Waals surface area contributed by atoms with E-state index in [0.29, 0.717) is 0 Å². The Morgan fingerprint density at radius 1 is 1.36 bits per heavy atom. The maximum absolute atomic E-state index is 6.01. The first-order valence-corrected chi connectivity index (χ1v) is 9.17. The molecule has 0 saturated heterocycles. The van der Waals surface area contributed by atoms with Crippen molar-refractivity contribution in [2.24, 2.45) is 11.8 Å². The summed E-state index contributed by atoms with van der Waals surface area (Å²) in [6, 6.07) is 0. The second kappa shape index (κ2) is 4.52. The van der Waals surface area contributed by atoms with Crippen molar-refractivity contribution in [1.29, 1.82) is 0 Å². The topological polar surface area (TPSA) is 9.23 Å². The van der Waals surface area contributed by atoms with E-state index < -0.39 is 8.32 Å². The molecule has 0 bridgehead atoms. The zero-order valence-corrected chi connectivity index (χ0v) is 11.3. The summed E-state index contributed by atoms with van der Waals surface area (Å²) in [5.74, 6) is 2.96. The van der Waals surface area contributed by atoms with E-state index in [1.54, 1.807) is 0 Å². The largest absolute Gasteiger partial charge is 0.548 e. The second-order valence-corrected chi connectivity index (χ2v) is 10.1. The van der Waals surface area contributed by atoms with Gasteiger partial charge in [-0.2, -0.15) is 0 Å². The molecule has 1 aliphatic carbocycles. The third-order valence-corrected chi connectivity index (χ3v) is 3.66. The fourth-order valence-corrected chi connectivity index (χ4v) is 2.89. The maximum atomic E-state index is 6.01. The Morgan fingerprint density at radius 2 is 2.00 bits per heavy atom. The van der Waals surface area contributed by atoms with E-state index in [1.165, 1.54) is 18.6 Å². The van der Waals surface area contributed by atoms with Gasteiger partial charge >= 0.3 is 0 Å². The first-order chi connectivity index (χ1) is 6.38. The summed E-state index contributed by atoms with van der Waals surface area (Å²) in [6.45, 7) is 11.4. The van der Waals surface area contributed by atoms with Crippen LogP contribution in [0.5, 0.6) is 0 Å². The Labute approximate surface area is 89.7 Å². The van der Waals surface area contributed by atoms with E-state index in [9.17, 15) is 0 Å². The van der Waals surface area contributed by atoms with Crippen LogP contribution in [-0.2, 0) is 4.43 Å². The van der Waals surface area contributed by atoms with E-state index in [2.05, 4.69) is 39.6 Å². The molecule has 1 atom stereocenters. The number of hydrogen-bond donors (Lipinski definition) is 0. The molecule has 0 aromatic carbocycles. The lowest BCUT2D eigenvalue weighted by molar-refractivity contribution is 0.300. The molecule has 1 aliphatic rings. The third-order valence-electron chi connectivity index (χ3n) is 2.79. The van der Waals surface area contributed by atoms with Gasteiger partial charge in [-0.05, 0) is 50.4 Å². The summed E-state index contributed by atoms with van der Waals surface area (Å²) in [7, 11) is -1.36. The van der Waals surface area contributed by atoms with Crippen LogP contribution in [0.25, 0.3) is 0 Å². The average molecular weight is 212 g/mol. The smallest absolute Gasteiger partial charge is 0.241 e. The molecule has 0 spiro atoms. The lowest BCUT2D eigenvalue weighted by Gasteiger charge is -2.28. The van der Waals surface area contributed by atoms with Crippen molar-refractivity contribution in [1.82, 2.24) is 0 Å².